The van der Waals surface area contributed by atoms with Crippen molar-refractivity contribution in [1.29, 1.82) is 0 Å². The number of aromatic nitrogens is 3. The third-order valence-electron chi connectivity index (χ3n) is 5.05. The number of amides is 1. The van der Waals surface area contributed by atoms with Crippen LogP contribution < -0.4 is 4.74 Å². The standard InChI is InChI=1S/C21H26N4O3/c1-13-9-7-8-10-19(13)27-12-18-16(4)28-23-20(18)21(26)24(5)11-17-14(2)22-25(6)15(17)3/h7-10H,11-12H2,1-6H3. The molecule has 0 spiro atoms. The Hall–Kier alpha value is -3.09. The summed E-state index contributed by atoms with van der Waals surface area (Å²) in [5, 5.41) is 8.41. The van der Waals surface area contributed by atoms with Crippen LogP contribution in [-0.4, -0.2) is 32.8 Å². The molecular weight excluding hydrogens is 356 g/mol. The number of carbonyl (C=O) groups excluding carboxylic acids is 1. The van der Waals surface area contributed by atoms with Gasteiger partial charge in [-0.15, -0.1) is 0 Å². The molecule has 2 heterocycles. The monoisotopic (exact) mass is 382 g/mol. The maximum absolute atomic E-state index is 13.0. The SMILES string of the molecule is Cc1ccccc1OCc1c(C(=O)N(C)Cc2c(C)nn(C)c2C)noc1C. The fourth-order valence-corrected chi connectivity index (χ4v) is 3.13. The number of hydrogen-bond donors (Lipinski definition) is 0. The lowest BCUT2D eigenvalue weighted by molar-refractivity contribution is 0.0772. The van der Waals surface area contributed by atoms with Crippen molar-refractivity contribution in [1.82, 2.24) is 19.8 Å². The Bertz CT molecular complexity index is 1000. The number of benzene rings is 1. The van der Waals surface area contributed by atoms with Crippen LogP contribution in [0.4, 0.5) is 0 Å². The van der Waals surface area contributed by atoms with Crippen molar-refractivity contribution in [3.05, 3.63) is 63.8 Å². The van der Waals surface area contributed by atoms with Crippen LogP contribution in [0.3, 0.4) is 0 Å². The van der Waals surface area contributed by atoms with E-state index in [9.17, 15) is 4.79 Å². The smallest absolute Gasteiger partial charge is 0.276 e. The summed E-state index contributed by atoms with van der Waals surface area (Å²) in [5.41, 5.74) is 4.98. The van der Waals surface area contributed by atoms with E-state index in [1.807, 2.05) is 56.8 Å². The highest BCUT2D eigenvalue weighted by Gasteiger charge is 2.25. The van der Waals surface area contributed by atoms with Crippen LogP contribution in [0.25, 0.3) is 0 Å². The summed E-state index contributed by atoms with van der Waals surface area (Å²) < 4.78 is 13.0. The minimum absolute atomic E-state index is 0.206. The van der Waals surface area contributed by atoms with Crippen molar-refractivity contribution in [3.8, 4) is 5.75 Å². The lowest BCUT2D eigenvalue weighted by atomic mass is 10.1. The molecule has 148 valence electrons. The van der Waals surface area contributed by atoms with Crippen LogP contribution in [0.15, 0.2) is 28.8 Å². The summed E-state index contributed by atoms with van der Waals surface area (Å²) in [6.07, 6.45) is 0. The van der Waals surface area contributed by atoms with Crippen molar-refractivity contribution in [3.63, 3.8) is 0 Å². The van der Waals surface area contributed by atoms with Gasteiger partial charge in [0.2, 0.25) is 0 Å². The minimum Gasteiger partial charge on any atom is -0.488 e. The van der Waals surface area contributed by atoms with Crippen molar-refractivity contribution in [2.24, 2.45) is 7.05 Å². The highest BCUT2D eigenvalue weighted by Crippen LogP contribution is 2.22. The van der Waals surface area contributed by atoms with E-state index >= 15 is 0 Å². The molecule has 0 aliphatic rings. The molecule has 2 aromatic heterocycles. The summed E-state index contributed by atoms with van der Waals surface area (Å²) in [4.78, 5) is 14.6. The third-order valence-corrected chi connectivity index (χ3v) is 5.05. The summed E-state index contributed by atoms with van der Waals surface area (Å²) >= 11 is 0. The topological polar surface area (TPSA) is 73.4 Å². The van der Waals surface area contributed by atoms with Gasteiger partial charge in [-0.05, 0) is 39.3 Å². The van der Waals surface area contributed by atoms with Gasteiger partial charge in [0.25, 0.3) is 5.91 Å². The van der Waals surface area contributed by atoms with E-state index in [0.717, 1.165) is 28.3 Å². The molecule has 28 heavy (non-hydrogen) atoms. The minimum atomic E-state index is -0.206. The van der Waals surface area contributed by atoms with Gasteiger partial charge >= 0.3 is 0 Å². The van der Waals surface area contributed by atoms with Crippen LogP contribution in [0.1, 0.15) is 44.3 Å². The fraction of sp³-hybridized carbons (Fsp3) is 0.381. The van der Waals surface area contributed by atoms with Crippen LogP contribution in [0.2, 0.25) is 0 Å². The van der Waals surface area contributed by atoms with Gasteiger partial charge in [0.15, 0.2) is 5.69 Å². The number of rotatable bonds is 6. The number of aryl methyl sites for hydroxylation is 4. The summed E-state index contributed by atoms with van der Waals surface area (Å²) in [7, 11) is 3.65. The molecule has 1 aromatic carbocycles. The molecule has 0 aliphatic carbocycles. The summed E-state index contributed by atoms with van der Waals surface area (Å²) in [6, 6.07) is 7.76. The number of carbonyl (C=O) groups is 1. The Morgan fingerprint density at radius 3 is 2.54 bits per heavy atom. The molecule has 7 heteroatoms. The Labute approximate surface area is 164 Å². The molecule has 1 amide bonds. The molecule has 0 saturated heterocycles. The van der Waals surface area contributed by atoms with E-state index in [2.05, 4.69) is 10.3 Å². The van der Waals surface area contributed by atoms with Crippen molar-refractivity contribution >= 4 is 5.91 Å². The molecule has 0 atom stereocenters. The zero-order valence-corrected chi connectivity index (χ0v) is 17.2. The largest absolute Gasteiger partial charge is 0.488 e. The van der Waals surface area contributed by atoms with Gasteiger partial charge in [0.1, 0.15) is 18.1 Å². The van der Waals surface area contributed by atoms with Gasteiger partial charge in [-0.3, -0.25) is 9.48 Å². The van der Waals surface area contributed by atoms with Crippen molar-refractivity contribution in [2.75, 3.05) is 7.05 Å². The average Bonchev–Trinajstić information content (AvgIpc) is 3.14. The quantitative estimate of drug-likeness (QED) is 0.652. The normalized spacial score (nSPS) is 10.9. The number of nitrogens with zero attached hydrogens (tertiary/aromatic N) is 4. The zero-order valence-electron chi connectivity index (χ0n) is 17.2. The molecule has 0 radical (unpaired) electrons. The van der Waals surface area contributed by atoms with Gasteiger partial charge in [0.05, 0.1) is 11.3 Å². The molecule has 0 fully saturated rings. The second kappa shape index (κ2) is 7.88. The molecule has 3 aromatic rings. The molecular formula is C21H26N4O3. The van der Waals surface area contributed by atoms with Gasteiger partial charge in [-0.1, -0.05) is 23.4 Å². The van der Waals surface area contributed by atoms with Crippen LogP contribution >= 0.6 is 0 Å². The zero-order chi connectivity index (χ0) is 20.4. The predicted octanol–water partition coefficient (Wildman–Crippen LogP) is 3.49. The summed E-state index contributed by atoms with van der Waals surface area (Å²) in [6.45, 7) is 8.38. The van der Waals surface area contributed by atoms with E-state index < -0.39 is 0 Å². The van der Waals surface area contributed by atoms with E-state index in [1.54, 1.807) is 18.9 Å². The second-order valence-corrected chi connectivity index (χ2v) is 7.05. The van der Waals surface area contributed by atoms with E-state index in [0.29, 0.717) is 17.9 Å². The van der Waals surface area contributed by atoms with Gasteiger partial charge in [0, 0.05) is 31.9 Å². The Balaban J connectivity index is 1.78. The average molecular weight is 382 g/mol. The molecule has 0 bridgehead atoms. The van der Waals surface area contributed by atoms with Crippen LogP contribution in [0.5, 0.6) is 5.75 Å². The Morgan fingerprint density at radius 1 is 1.18 bits per heavy atom. The lowest BCUT2D eigenvalue weighted by Gasteiger charge is -2.17. The first-order valence-electron chi connectivity index (χ1n) is 9.17. The van der Waals surface area contributed by atoms with Crippen LogP contribution in [0, 0.1) is 27.7 Å². The molecule has 3 rings (SSSR count). The third kappa shape index (κ3) is 3.78. The van der Waals surface area contributed by atoms with E-state index in [1.165, 1.54) is 0 Å². The highest BCUT2D eigenvalue weighted by atomic mass is 16.5. The number of ether oxygens (including phenoxy) is 1. The van der Waals surface area contributed by atoms with Crippen molar-refractivity contribution in [2.45, 2.75) is 40.8 Å². The maximum atomic E-state index is 13.0. The fourth-order valence-electron chi connectivity index (χ4n) is 3.13. The first-order chi connectivity index (χ1) is 13.3. The first kappa shape index (κ1) is 19.7. The van der Waals surface area contributed by atoms with Gasteiger partial charge in [-0.2, -0.15) is 5.10 Å². The Morgan fingerprint density at radius 2 is 1.89 bits per heavy atom. The molecule has 0 aliphatic heterocycles. The van der Waals surface area contributed by atoms with Gasteiger partial charge < -0.3 is 14.2 Å². The molecule has 7 nitrogen and oxygen atoms in total. The number of para-hydroxylation sites is 1. The van der Waals surface area contributed by atoms with E-state index in [4.69, 9.17) is 9.26 Å². The Kier molecular flexibility index (Phi) is 5.53. The molecule has 0 saturated carbocycles. The second-order valence-electron chi connectivity index (χ2n) is 7.05. The lowest BCUT2D eigenvalue weighted by Crippen LogP contribution is -2.28. The maximum Gasteiger partial charge on any atom is 0.276 e. The van der Waals surface area contributed by atoms with Crippen molar-refractivity contribution < 1.29 is 14.1 Å². The molecule has 0 unspecified atom stereocenters. The number of hydrogen-bond acceptors (Lipinski definition) is 5. The molecule has 0 N–H and O–H groups in total. The predicted molar refractivity (Wildman–Crippen MR) is 105 cm³/mol. The highest BCUT2D eigenvalue weighted by molar-refractivity contribution is 5.93. The van der Waals surface area contributed by atoms with Gasteiger partial charge in [-0.25, -0.2) is 0 Å². The van der Waals surface area contributed by atoms with Crippen LogP contribution in [-0.2, 0) is 20.2 Å². The van der Waals surface area contributed by atoms with E-state index in [-0.39, 0.29) is 18.2 Å². The first-order valence-corrected chi connectivity index (χ1v) is 9.17. The summed E-state index contributed by atoms with van der Waals surface area (Å²) in [5.74, 6) is 1.15.